The molecule has 1 aromatic heterocycles. The predicted molar refractivity (Wildman–Crippen MR) is 102 cm³/mol. The van der Waals surface area contributed by atoms with E-state index in [1.54, 1.807) is 6.20 Å². The van der Waals surface area contributed by atoms with Crippen molar-refractivity contribution in [3.8, 4) is 11.1 Å². The molecular weight excluding hydrogens is 310 g/mol. The third-order valence-electron chi connectivity index (χ3n) is 5.10. The third-order valence-corrected chi connectivity index (χ3v) is 5.10. The van der Waals surface area contributed by atoms with Crippen LogP contribution in [0.5, 0.6) is 0 Å². The maximum Gasteiger partial charge on any atom is 0.0800 e. The van der Waals surface area contributed by atoms with Crippen molar-refractivity contribution in [3.05, 3.63) is 60.3 Å². The van der Waals surface area contributed by atoms with Crippen LogP contribution in [-0.4, -0.2) is 36.2 Å². The maximum atomic E-state index is 6.09. The number of nitrogen functional groups attached to an aromatic ring is 1. The van der Waals surface area contributed by atoms with E-state index >= 15 is 0 Å². The average molecular weight is 333 g/mol. The zero-order valence-electron chi connectivity index (χ0n) is 14.5. The molecule has 0 saturated carbocycles. The van der Waals surface area contributed by atoms with Crippen LogP contribution < -0.4 is 5.73 Å². The Morgan fingerprint density at radius 3 is 2.56 bits per heavy atom. The zero-order chi connectivity index (χ0) is 17.2. The maximum absolute atomic E-state index is 6.09. The van der Waals surface area contributed by atoms with Gasteiger partial charge in [-0.25, -0.2) is 0 Å². The largest absolute Gasteiger partial charge is 0.398 e. The summed E-state index contributed by atoms with van der Waals surface area (Å²) in [6, 6.07) is 17.2. The molecule has 128 valence electrons. The molecule has 1 fully saturated rings. The minimum Gasteiger partial charge on any atom is -0.398 e. The molecule has 3 aromatic rings. The fourth-order valence-electron chi connectivity index (χ4n) is 3.55. The Kier molecular flexibility index (Phi) is 4.38. The van der Waals surface area contributed by atoms with Crippen LogP contribution in [0, 0.1) is 0 Å². The summed E-state index contributed by atoms with van der Waals surface area (Å²) in [6.07, 6.45) is 1.77. The first kappa shape index (κ1) is 16.1. The second kappa shape index (κ2) is 6.82. The highest BCUT2D eigenvalue weighted by Gasteiger charge is 2.18. The first-order chi connectivity index (χ1) is 12.2. The highest BCUT2D eigenvalue weighted by molar-refractivity contribution is 5.99. The molecule has 0 bridgehead atoms. The van der Waals surface area contributed by atoms with Gasteiger partial charge in [0, 0.05) is 42.0 Å². The number of morpholine rings is 1. The van der Waals surface area contributed by atoms with Gasteiger partial charge in [0.15, 0.2) is 0 Å². The van der Waals surface area contributed by atoms with Crippen LogP contribution in [0.1, 0.15) is 18.5 Å². The molecule has 25 heavy (non-hydrogen) atoms. The summed E-state index contributed by atoms with van der Waals surface area (Å²) >= 11 is 0. The van der Waals surface area contributed by atoms with Crippen molar-refractivity contribution in [2.75, 3.05) is 32.0 Å². The number of nitrogens with zero attached hydrogens (tertiary/aromatic N) is 2. The number of fused-ring (bicyclic) bond motifs is 1. The summed E-state index contributed by atoms with van der Waals surface area (Å²) < 4.78 is 5.45. The minimum absolute atomic E-state index is 0.402. The number of hydrogen-bond donors (Lipinski definition) is 1. The van der Waals surface area contributed by atoms with Crippen LogP contribution in [0.4, 0.5) is 5.69 Å². The molecule has 0 spiro atoms. The lowest BCUT2D eigenvalue weighted by Crippen LogP contribution is -2.37. The zero-order valence-corrected chi connectivity index (χ0v) is 14.5. The van der Waals surface area contributed by atoms with E-state index in [0.29, 0.717) is 6.04 Å². The molecule has 2 aromatic carbocycles. The number of nitrogens with two attached hydrogens (primary N) is 1. The number of aromatic nitrogens is 1. The molecule has 0 amide bonds. The Hall–Kier alpha value is -2.43. The third kappa shape index (κ3) is 3.11. The van der Waals surface area contributed by atoms with Crippen LogP contribution in [-0.2, 0) is 4.74 Å². The molecule has 1 aliphatic heterocycles. The van der Waals surface area contributed by atoms with E-state index in [0.717, 1.165) is 48.5 Å². The van der Waals surface area contributed by atoms with E-state index < -0.39 is 0 Å². The Morgan fingerprint density at radius 2 is 1.80 bits per heavy atom. The fourth-order valence-corrected chi connectivity index (χ4v) is 3.55. The standard InChI is InChI=1S/C21H23N3O/c1-15(24-11-13-25-14-12-24)16-5-7-17(8-6-16)18-3-2-4-19-20(22)9-10-23-21(18)19/h2-10,15H,11-14H2,1H3,(H2,22,23)/t15-/m1/s1. The molecule has 1 saturated heterocycles. The van der Waals surface area contributed by atoms with E-state index in [2.05, 4.69) is 47.1 Å². The van der Waals surface area contributed by atoms with Crippen LogP contribution >= 0.6 is 0 Å². The average Bonchev–Trinajstić information content (AvgIpc) is 2.68. The first-order valence-electron chi connectivity index (χ1n) is 8.79. The van der Waals surface area contributed by atoms with Gasteiger partial charge in [0.25, 0.3) is 0 Å². The first-order valence-corrected chi connectivity index (χ1v) is 8.79. The monoisotopic (exact) mass is 333 g/mol. The molecule has 1 aliphatic rings. The van der Waals surface area contributed by atoms with Gasteiger partial charge >= 0.3 is 0 Å². The van der Waals surface area contributed by atoms with Crippen molar-refractivity contribution in [2.24, 2.45) is 0 Å². The van der Waals surface area contributed by atoms with E-state index in [4.69, 9.17) is 10.5 Å². The topological polar surface area (TPSA) is 51.4 Å². The van der Waals surface area contributed by atoms with Crippen LogP contribution in [0.25, 0.3) is 22.0 Å². The van der Waals surface area contributed by atoms with E-state index in [-0.39, 0.29) is 0 Å². The molecule has 4 nitrogen and oxygen atoms in total. The van der Waals surface area contributed by atoms with Gasteiger partial charge in [0.05, 0.1) is 18.7 Å². The van der Waals surface area contributed by atoms with Crippen molar-refractivity contribution < 1.29 is 4.74 Å². The summed E-state index contributed by atoms with van der Waals surface area (Å²) in [5, 5.41) is 1.01. The predicted octanol–water partition coefficient (Wildman–Crippen LogP) is 3.88. The van der Waals surface area contributed by atoms with Crippen LogP contribution in [0.2, 0.25) is 0 Å². The van der Waals surface area contributed by atoms with Crippen molar-refractivity contribution in [1.82, 2.24) is 9.88 Å². The molecule has 2 N–H and O–H groups in total. The summed E-state index contributed by atoms with van der Waals surface area (Å²) in [6.45, 7) is 5.91. The second-order valence-corrected chi connectivity index (χ2v) is 6.55. The molecule has 1 atom stereocenters. The SMILES string of the molecule is C[C@H](c1ccc(-c2cccc3c(N)ccnc23)cc1)N1CCOCC1. The lowest BCUT2D eigenvalue weighted by atomic mass is 9.98. The van der Waals surface area contributed by atoms with Gasteiger partial charge in [-0.15, -0.1) is 0 Å². The highest BCUT2D eigenvalue weighted by Crippen LogP contribution is 2.31. The second-order valence-electron chi connectivity index (χ2n) is 6.55. The number of anilines is 1. The lowest BCUT2D eigenvalue weighted by molar-refractivity contribution is 0.0198. The summed E-state index contributed by atoms with van der Waals surface area (Å²) in [7, 11) is 0. The Labute approximate surface area is 148 Å². The van der Waals surface area contributed by atoms with Crippen LogP contribution in [0.3, 0.4) is 0 Å². The highest BCUT2D eigenvalue weighted by atomic mass is 16.5. The van der Waals surface area contributed by atoms with Crippen LogP contribution in [0.15, 0.2) is 54.7 Å². The van der Waals surface area contributed by atoms with E-state index in [1.807, 2.05) is 18.2 Å². The molecular formula is C21H23N3O. The Bertz CT molecular complexity index is 870. The minimum atomic E-state index is 0.402. The lowest BCUT2D eigenvalue weighted by Gasteiger charge is -2.32. The number of para-hydroxylation sites is 1. The molecule has 4 rings (SSSR count). The number of pyridine rings is 1. The molecule has 0 unspecified atom stereocenters. The number of rotatable bonds is 3. The smallest absolute Gasteiger partial charge is 0.0800 e. The van der Waals surface area contributed by atoms with Gasteiger partial charge in [-0.2, -0.15) is 0 Å². The Morgan fingerprint density at radius 1 is 1.04 bits per heavy atom. The van der Waals surface area contributed by atoms with Gasteiger partial charge in [-0.05, 0) is 24.1 Å². The van der Waals surface area contributed by atoms with Gasteiger partial charge in [0.1, 0.15) is 0 Å². The molecule has 2 heterocycles. The number of benzene rings is 2. The molecule has 4 heteroatoms. The van der Waals surface area contributed by atoms with E-state index in [9.17, 15) is 0 Å². The van der Waals surface area contributed by atoms with Crippen molar-refractivity contribution >= 4 is 16.6 Å². The summed E-state index contributed by atoms with van der Waals surface area (Å²) in [5.74, 6) is 0. The fraction of sp³-hybridized carbons (Fsp3) is 0.286. The normalized spacial score (nSPS) is 16.8. The molecule has 0 radical (unpaired) electrons. The van der Waals surface area contributed by atoms with Gasteiger partial charge < -0.3 is 10.5 Å². The van der Waals surface area contributed by atoms with Crippen molar-refractivity contribution in [2.45, 2.75) is 13.0 Å². The van der Waals surface area contributed by atoms with Gasteiger partial charge in [0.2, 0.25) is 0 Å². The summed E-state index contributed by atoms with van der Waals surface area (Å²) in [4.78, 5) is 7.02. The van der Waals surface area contributed by atoms with Crippen molar-refractivity contribution in [1.29, 1.82) is 0 Å². The van der Waals surface area contributed by atoms with E-state index in [1.165, 1.54) is 11.1 Å². The summed E-state index contributed by atoms with van der Waals surface area (Å²) in [5.41, 5.74) is 11.4. The van der Waals surface area contributed by atoms with Gasteiger partial charge in [-0.3, -0.25) is 9.88 Å². The molecule has 0 aliphatic carbocycles. The Balaban J connectivity index is 1.65. The number of ether oxygens (including phenoxy) is 1. The quantitative estimate of drug-likeness (QED) is 0.790. The van der Waals surface area contributed by atoms with Crippen molar-refractivity contribution in [3.63, 3.8) is 0 Å². The van der Waals surface area contributed by atoms with Gasteiger partial charge in [-0.1, -0.05) is 42.5 Å². The number of hydrogen-bond acceptors (Lipinski definition) is 4.